The van der Waals surface area contributed by atoms with Crippen molar-refractivity contribution >= 4 is 18.3 Å². The summed E-state index contributed by atoms with van der Waals surface area (Å²) in [5.41, 5.74) is 6.67. The second-order valence-electron chi connectivity index (χ2n) is 9.46. The van der Waals surface area contributed by atoms with Gasteiger partial charge in [0.05, 0.1) is 11.7 Å². The maximum absolute atomic E-state index is 13.0. The van der Waals surface area contributed by atoms with Gasteiger partial charge in [-0.2, -0.15) is 13.2 Å². The first-order valence-electron chi connectivity index (χ1n) is 11.7. The minimum atomic E-state index is -4.43. The Morgan fingerprint density at radius 2 is 1.97 bits per heavy atom. The van der Waals surface area contributed by atoms with Gasteiger partial charge < -0.3 is 15.2 Å². The third-order valence-electron chi connectivity index (χ3n) is 7.19. The molecule has 3 unspecified atom stereocenters. The molecule has 35 heavy (non-hydrogen) atoms. The van der Waals surface area contributed by atoms with Gasteiger partial charge in [0.15, 0.2) is 0 Å². The Morgan fingerprint density at radius 3 is 2.66 bits per heavy atom. The largest absolute Gasteiger partial charge is 0.489 e. The first-order valence-corrected chi connectivity index (χ1v) is 11.7. The highest BCUT2D eigenvalue weighted by Gasteiger charge is 2.50. The van der Waals surface area contributed by atoms with Gasteiger partial charge in [0.2, 0.25) is 5.91 Å². The van der Waals surface area contributed by atoms with E-state index in [9.17, 15) is 18.0 Å². The molecule has 2 aliphatic heterocycles. The predicted molar refractivity (Wildman–Crippen MR) is 130 cm³/mol. The van der Waals surface area contributed by atoms with E-state index in [4.69, 9.17) is 15.2 Å². The van der Waals surface area contributed by atoms with E-state index in [-0.39, 0.29) is 36.3 Å². The SMILES string of the molecule is Cc1cccc([C@H](C)C2CC(C(N)=O)(N3CCC(Oc4cccc(C(F)(F)F)c4)C3)CCO2)c1.Cl. The Bertz CT molecular complexity index is 1030. The van der Waals surface area contributed by atoms with Gasteiger partial charge in [0.1, 0.15) is 17.4 Å². The van der Waals surface area contributed by atoms with Crippen LogP contribution in [0.4, 0.5) is 13.2 Å². The molecule has 2 aromatic rings. The van der Waals surface area contributed by atoms with Crippen LogP contribution in [0.2, 0.25) is 0 Å². The summed E-state index contributed by atoms with van der Waals surface area (Å²) in [6.45, 7) is 5.56. The highest BCUT2D eigenvalue weighted by molar-refractivity contribution is 5.85. The van der Waals surface area contributed by atoms with Crippen molar-refractivity contribution in [1.82, 2.24) is 4.90 Å². The van der Waals surface area contributed by atoms with Crippen LogP contribution in [0.15, 0.2) is 48.5 Å². The molecule has 2 aromatic carbocycles. The van der Waals surface area contributed by atoms with Gasteiger partial charge in [-0.15, -0.1) is 12.4 Å². The number of amides is 1. The minimum absolute atomic E-state index is 0. The molecule has 5 nitrogen and oxygen atoms in total. The molecule has 0 radical (unpaired) electrons. The van der Waals surface area contributed by atoms with Crippen molar-refractivity contribution in [3.8, 4) is 5.75 Å². The number of hydrogen-bond donors (Lipinski definition) is 1. The molecule has 192 valence electrons. The number of nitrogens with zero attached hydrogens (tertiary/aromatic N) is 1. The average molecular weight is 513 g/mol. The lowest BCUT2D eigenvalue weighted by atomic mass is 9.79. The van der Waals surface area contributed by atoms with Crippen LogP contribution >= 0.6 is 12.4 Å². The van der Waals surface area contributed by atoms with Crippen molar-refractivity contribution in [2.24, 2.45) is 5.73 Å². The quantitative estimate of drug-likeness (QED) is 0.585. The van der Waals surface area contributed by atoms with E-state index in [1.54, 1.807) is 0 Å². The number of carbonyl (C=O) groups excluding carboxylic acids is 1. The minimum Gasteiger partial charge on any atom is -0.489 e. The van der Waals surface area contributed by atoms with E-state index in [1.807, 2.05) is 24.0 Å². The van der Waals surface area contributed by atoms with Crippen molar-refractivity contribution in [1.29, 1.82) is 0 Å². The predicted octanol–water partition coefficient (Wildman–Crippen LogP) is 5.10. The van der Waals surface area contributed by atoms with Crippen molar-refractivity contribution in [2.75, 3.05) is 19.7 Å². The zero-order valence-electron chi connectivity index (χ0n) is 19.9. The maximum Gasteiger partial charge on any atom is 0.416 e. The monoisotopic (exact) mass is 512 g/mol. The molecule has 4 rings (SSSR count). The summed E-state index contributed by atoms with van der Waals surface area (Å²) in [6.07, 6.45) is -3.38. The summed E-state index contributed by atoms with van der Waals surface area (Å²) in [5, 5.41) is 0. The van der Waals surface area contributed by atoms with E-state index in [0.29, 0.717) is 39.0 Å². The van der Waals surface area contributed by atoms with E-state index in [0.717, 1.165) is 23.3 Å². The number of primary amides is 1. The first-order chi connectivity index (χ1) is 16.1. The van der Waals surface area contributed by atoms with Crippen molar-refractivity contribution in [3.05, 3.63) is 65.2 Å². The summed E-state index contributed by atoms with van der Waals surface area (Å²) in [4.78, 5) is 14.8. The number of nitrogens with two attached hydrogens (primary N) is 1. The van der Waals surface area contributed by atoms with Crippen LogP contribution < -0.4 is 10.5 Å². The lowest BCUT2D eigenvalue weighted by molar-refractivity contribution is -0.142. The van der Waals surface area contributed by atoms with E-state index < -0.39 is 23.2 Å². The van der Waals surface area contributed by atoms with Crippen LogP contribution in [0.3, 0.4) is 0 Å². The van der Waals surface area contributed by atoms with Gasteiger partial charge in [-0.05, 0) is 43.5 Å². The van der Waals surface area contributed by atoms with Crippen molar-refractivity contribution in [3.63, 3.8) is 0 Å². The van der Waals surface area contributed by atoms with E-state index in [1.165, 1.54) is 12.1 Å². The normalized spacial score (nSPS) is 26.1. The first kappa shape index (κ1) is 27.3. The van der Waals surface area contributed by atoms with Gasteiger partial charge in [0, 0.05) is 32.0 Å². The van der Waals surface area contributed by atoms with Gasteiger partial charge in [0.25, 0.3) is 0 Å². The molecule has 4 atom stereocenters. The van der Waals surface area contributed by atoms with Crippen molar-refractivity contribution < 1.29 is 27.4 Å². The number of hydrogen-bond acceptors (Lipinski definition) is 4. The summed E-state index contributed by atoms with van der Waals surface area (Å²) in [5.74, 6) is -0.136. The average Bonchev–Trinajstić information content (AvgIpc) is 3.27. The van der Waals surface area contributed by atoms with Crippen LogP contribution in [-0.4, -0.2) is 48.3 Å². The third-order valence-corrected chi connectivity index (χ3v) is 7.19. The molecular formula is C26H32ClF3N2O3. The lowest BCUT2D eigenvalue weighted by Gasteiger charge is -2.46. The second kappa shape index (κ2) is 10.8. The fourth-order valence-electron chi connectivity index (χ4n) is 5.18. The molecule has 2 saturated heterocycles. The number of likely N-dealkylation sites (tertiary alicyclic amines) is 1. The Kier molecular flexibility index (Phi) is 8.40. The van der Waals surface area contributed by atoms with Crippen LogP contribution in [-0.2, 0) is 15.7 Å². The molecule has 0 aliphatic carbocycles. The molecular weight excluding hydrogens is 481 g/mol. The highest BCUT2D eigenvalue weighted by atomic mass is 35.5. The topological polar surface area (TPSA) is 64.8 Å². The summed E-state index contributed by atoms with van der Waals surface area (Å²) in [7, 11) is 0. The Labute approximate surface area is 210 Å². The molecule has 2 N–H and O–H groups in total. The second-order valence-corrected chi connectivity index (χ2v) is 9.46. The Hall–Kier alpha value is -2.29. The molecule has 0 aromatic heterocycles. The number of alkyl halides is 3. The van der Waals surface area contributed by atoms with E-state index in [2.05, 4.69) is 19.1 Å². The van der Waals surface area contributed by atoms with Gasteiger partial charge >= 0.3 is 6.18 Å². The number of halogens is 4. The number of carbonyl (C=O) groups is 1. The number of ether oxygens (including phenoxy) is 2. The zero-order valence-corrected chi connectivity index (χ0v) is 20.7. The Balaban J connectivity index is 0.00000342. The molecule has 1 amide bonds. The molecule has 9 heteroatoms. The standard InChI is InChI=1S/C26H31F3N2O3.ClH/c1-17-5-3-6-19(13-17)18(2)23-15-25(24(30)32,10-12-33-23)31-11-9-22(16-31)34-21-8-4-7-20(14-21)26(27,28)29;/h3-8,13-14,18,22-23H,9-12,15-16H2,1-2H3,(H2,30,32);1H/t18-,22?,23?,25?;/m0./s1. The number of rotatable bonds is 6. The highest BCUT2D eigenvalue weighted by Crippen LogP contribution is 2.39. The maximum atomic E-state index is 13.0. The van der Waals surface area contributed by atoms with Gasteiger partial charge in [-0.25, -0.2) is 0 Å². The summed E-state index contributed by atoms with van der Waals surface area (Å²) in [6, 6.07) is 13.1. The smallest absolute Gasteiger partial charge is 0.416 e. The fraction of sp³-hybridized carbons (Fsp3) is 0.500. The third kappa shape index (κ3) is 5.93. The fourth-order valence-corrected chi connectivity index (χ4v) is 5.18. The van der Waals surface area contributed by atoms with E-state index >= 15 is 0 Å². The number of aryl methyl sites for hydroxylation is 1. The van der Waals surface area contributed by atoms with Crippen molar-refractivity contribution in [2.45, 2.75) is 63.0 Å². The lowest BCUT2D eigenvalue weighted by Crippen LogP contribution is -2.61. The van der Waals surface area contributed by atoms with Crippen LogP contribution in [0, 0.1) is 6.92 Å². The zero-order chi connectivity index (χ0) is 24.5. The van der Waals surface area contributed by atoms with Crippen LogP contribution in [0.1, 0.15) is 48.8 Å². The van der Waals surface area contributed by atoms with Gasteiger partial charge in [-0.3, -0.25) is 9.69 Å². The summed E-state index contributed by atoms with van der Waals surface area (Å²) >= 11 is 0. The number of benzene rings is 2. The van der Waals surface area contributed by atoms with Crippen LogP contribution in [0.5, 0.6) is 5.75 Å². The summed E-state index contributed by atoms with van der Waals surface area (Å²) < 4.78 is 51.1. The molecule has 2 heterocycles. The molecule has 0 spiro atoms. The van der Waals surface area contributed by atoms with Crippen LogP contribution in [0.25, 0.3) is 0 Å². The molecule has 0 saturated carbocycles. The van der Waals surface area contributed by atoms with Gasteiger partial charge in [-0.1, -0.05) is 42.8 Å². The molecule has 2 fully saturated rings. The molecule has 0 bridgehead atoms. The Morgan fingerprint density at radius 1 is 1.23 bits per heavy atom. The molecule has 2 aliphatic rings.